The SMILES string of the molecule is CCCNc1cc(C(=O)N2CC(C)OCC2C)ccn1. The highest BCUT2D eigenvalue weighted by Gasteiger charge is 2.28. The smallest absolute Gasteiger partial charge is 0.254 e. The van der Waals surface area contributed by atoms with Crippen LogP contribution in [-0.2, 0) is 4.74 Å². The third kappa shape index (κ3) is 3.48. The second-order valence-electron chi connectivity index (χ2n) is 5.31. The van der Waals surface area contributed by atoms with Crippen LogP contribution in [0.1, 0.15) is 37.6 Å². The molecule has 1 amide bonds. The zero-order valence-electron chi connectivity index (χ0n) is 12.4. The van der Waals surface area contributed by atoms with Gasteiger partial charge in [0.05, 0.1) is 18.8 Å². The molecule has 1 N–H and O–H groups in total. The highest BCUT2D eigenvalue weighted by Crippen LogP contribution is 2.16. The number of hydrogen-bond donors (Lipinski definition) is 1. The second kappa shape index (κ2) is 6.70. The van der Waals surface area contributed by atoms with Gasteiger partial charge < -0.3 is 15.0 Å². The van der Waals surface area contributed by atoms with Crippen LogP contribution in [-0.4, -0.2) is 47.6 Å². The number of amides is 1. The maximum Gasteiger partial charge on any atom is 0.254 e. The van der Waals surface area contributed by atoms with Crippen LogP contribution in [0.2, 0.25) is 0 Å². The average molecular weight is 277 g/mol. The van der Waals surface area contributed by atoms with Crippen molar-refractivity contribution in [1.82, 2.24) is 9.88 Å². The third-order valence-electron chi connectivity index (χ3n) is 3.43. The first-order chi connectivity index (χ1) is 9.61. The first-order valence-electron chi connectivity index (χ1n) is 7.24. The first kappa shape index (κ1) is 14.8. The van der Waals surface area contributed by atoms with E-state index in [1.54, 1.807) is 12.3 Å². The monoisotopic (exact) mass is 277 g/mol. The molecule has 5 heteroatoms. The van der Waals surface area contributed by atoms with Crippen LogP contribution < -0.4 is 5.32 Å². The Balaban J connectivity index is 2.11. The predicted octanol–water partition coefficient (Wildman–Crippen LogP) is 2.15. The molecule has 2 rings (SSSR count). The molecule has 20 heavy (non-hydrogen) atoms. The van der Waals surface area contributed by atoms with E-state index in [1.807, 2.05) is 24.8 Å². The van der Waals surface area contributed by atoms with Gasteiger partial charge in [-0.05, 0) is 32.4 Å². The lowest BCUT2D eigenvalue weighted by Crippen LogP contribution is -2.50. The number of anilines is 1. The normalized spacial score (nSPS) is 22.6. The second-order valence-corrected chi connectivity index (χ2v) is 5.31. The van der Waals surface area contributed by atoms with E-state index in [-0.39, 0.29) is 18.1 Å². The van der Waals surface area contributed by atoms with E-state index >= 15 is 0 Å². The Kier molecular flexibility index (Phi) is 4.95. The minimum Gasteiger partial charge on any atom is -0.375 e. The van der Waals surface area contributed by atoms with Gasteiger partial charge in [0, 0.05) is 24.8 Å². The molecule has 0 aliphatic carbocycles. The standard InChI is InChI=1S/C15H23N3O2/c1-4-6-16-14-8-13(5-7-17-14)15(19)18-9-12(3)20-10-11(18)2/h5,7-8,11-12H,4,6,9-10H2,1-3H3,(H,16,17). The van der Waals surface area contributed by atoms with Crippen LogP contribution in [0.3, 0.4) is 0 Å². The lowest BCUT2D eigenvalue weighted by atomic mass is 10.1. The van der Waals surface area contributed by atoms with Crippen molar-refractivity contribution in [2.24, 2.45) is 0 Å². The van der Waals surface area contributed by atoms with Gasteiger partial charge in [-0.3, -0.25) is 4.79 Å². The van der Waals surface area contributed by atoms with Crippen LogP contribution in [0.5, 0.6) is 0 Å². The highest BCUT2D eigenvalue weighted by molar-refractivity contribution is 5.95. The Morgan fingerprint density at radius 3 is 3.10 bits per heavy atom. The number of pyridine rings is 1. The van der Waals surface area contributed by atoms with Crippen LogP contribution in [0.4, 0.5) is 5.82 Å². The van der Waals surface area contributed by atoms with E-state index in [0.717, 1.165) is 18.8 Å². The summed E-state index contributed by atoms with van der Waals surface area (Å²) in [6.07, 6.45) is 2.80. The molecule has 0 aromatic carbocycles. The minimum absolute atomic E-state index is 0.0506. The molecule has 0 bridgehead atoms. The Labute approximate surface area is 120 Å². The van der Waals surface area contributed by atoms with Crippen LogP contribution in [0.15, 0.2) is 18.3 Å². The summed E-state index contributed by atoms with van der Waals surface area (Å²) in [6, 6.07) is 3.70. The van der Waals surface area contributed by atoms with Crippen molar-refractivity contribution in [2.45, 2.75) is 39.3 Å². The number of rotatable bonds is 4. The maximum absolute atomic E-state index is 12.6. The quantitative estimate of drug-likeness (QED) is 0.916. The highest BCUT2D eigenvalue weighted by atomic mass is 16.5. The average Bonchev–Trinajstić information content (AvgIpc) is 2.47. The minimum atomic E-state index is 0.0506. The molecule has 5 nitrogen and oxygen atoms in total. The number of nitrogens with one attached hydrogen (secondary N) is 1. The molecule has 1 aromatic rings. The van der Waals surface area contributed by atoms with E-state index in [1.165, 1.54) is 0 Å². The van der Waals surface area contributed by atoms with Crippen molar-refractivity contribution >= 4 is 11.7 Å². The summed E-state index contributed by atoms with van der Waals surface area (Å²) in [5.74, 6) is 0.807. The molecular weight excluding hydrogens is 254 g/mol. The molecule has 2 unspecified atom stereocenters. The maximum atomic E-state index is 12.6. The molecule has 1 aliphatic rings. The molecule has 1 saturated heterocycles. The number of morpholine rings is 1. The summed E-state index contributed by atoms with van der Waals surface area (Å²) in [5, 5.41) is 3.21. The van der Waals surface area contributed by atoms with E-state index in [0.29, 0.717) is 18.7 Å². The molecule has 2 heterocycles. The van der Waals surface area contributed by atoms with Gasteiger partial charge in [-0.15, -0.1) is 0 Å². The number of aromatic nitrogens is 1. The van der Waals surface area contributed by atoms with E-state index in [4.69, 9.17) is 4.74 Å². The summed E-state index contributed by atoms with van der Waals surface area (Å²) in [6.45, 7) is 8.20. The van der Waals surface area contributed by atoms with Crippen molar-refractivity contribution in [2.75, 3.05) is 25.0 Å². The Hall–Kier alpha value is -1.62. The summed E-state index contributed by atoms with van der Waals surface area (Å²) in [5.41, 5.74) is 0.680. The van der Waals surface area contributed by atoms with Gasteiger partial charge in [0.2, 0.25) is 0 Å². The fraction of sp³-hybridized carbons (Fsp3) is 0.600. The van der Waals surface area contributed by atoms with Crippen LogP contribution in [0.25, 0.3) is 0 Å². The van der Waals surface area contributed by atoms with Crippen molar-refractivity contribution in [3.63, 3.8) is 0 Å². The molecule has 110 valence electrons. The number of nitrogens with zero attached hydrogens (tertiary/aromatic N) is 2. The fourth-order valence-electron chi connectivity index (χ4n) is 2.27. The van der Waals surface area contributed by atoms with Crippen molar-refractivity contribution in [3.8, 4) is 0 Å². The van der Waals surface area contributed by atoms with Gasteiger partial charge in [0.1, 0.15) is 5.82 Å². The molecule has 2 atom stereocenters. The molecule has 0 radical (unpaired) electrons. The molecule has 1 aromatic heterocycles. The number of hydrogen-bond acceptors (Lipinski definition) is 4. The number of ether oxygens (including phenoxy) is 1. The van der Waals surface area contributed by atoms with E-state index in [9.17, 15) is 4.79 Å². The summed E-state index contributed by atoms with van der Waals surface area (Å²) < 4.78 is 5.56. The van der Waals surface area contributed by atoms with Gasteiger partial charge in [0.15, 0.2) is 0 Å². The molecule has 0 saturated carbocycles. The topological polar surface area (TPSA) is 54.5 Å². The van der Waals surface area contributed by atoms with Gasteiger partial charge in [-0.1, -0.05) is 6.92 Å². The van der Waals surface area contributed by atoms with Crippen molar-refractivity contribution < 1.29 is 9.53 Å². The van der Waals surface area contributed by atoms with E-state index < -0.39 is 0 Å². The van der Waals surface area contributed by atoms with E-state index in [2.05, 4.69) is 17.2 Å². The fourth-order valence-corrected chi connectivity index (χ4v) is 2.27. The Morgan fingerprint density at radius 2 is 2.35 bits per heavy atom. The zero-order chi connectivity index (χ0) is 14.5. The molecule has 0 spiro atoms. The van der Waals surface area contributed by atoms with Gasteiger partial charge >= 0.3 is 0 Å². The van der Waals surface area contributed by atoms with Crippen LogP contribution >= 0.6 is 0 Å². The summed E-state index contributed by atoms with van der Waals surface area (Å²) >= 11 is 0. The lowest BCUT2D eigenvalue weighted by Gasteiger charge is -2.36. The molecule has 1 aliphatic heterocycles. The zero-order valence-corrected chi connectivity index (χ0v) is 12.4. The molecular formula is C15H23N3O2. The summed E-state index contributed by atoms with van der Waals surface area (Å²) in [4.78, 5) is 18.7. The van der Waals surface area contributed by atoms with Crippen molar-refractivity contribution in [3.05, 3.63) is 23.9 Å². The van der Waals surface area contributed by atoms with Gasteiger partial charge in [-0.2, -0.15) is 0 Å². The van der Waals surface area contributed by atoms with Gasteiger partial charge in [0.25, 0.3) is 5.91 Å². The van der Waals surface area contributed by atoms with Gasteiger partial charge in [-0.25, -0.2) is 4.98 Å². The Morgan fingerprint density at radius 1 is 1.55 bits per heavy atom. The number of carbonyl (C=O) groups is 1. The summed E-state index contributed by atoms with van der Waals surface area (Å²) in [7, 11) is 0. The first-order valence-corrected chi connectivity index (χ1v) is 7.24. The molecule has 1 fully saturated rings. The Bertz CT molecular complexity index is 464. The third-order valence-corrected chi connectivity index (χ3v) is 3.43. The largest absolute Gasteiger partial charge is 0.375 e. The van der Waals surface area contributed by atoms with Crippen LogP contribution in [0, 0.1) is 0 Å². The lowest BCUT2D eigenvalue weighted by molar-refractivity contribution is -0.0387. The predicted molar refractivity (Wildman–Crippen MR) is 78.9 cm³/mol. The number of carbonyl (C=O) groups excluding carboxylic acids is 1. The van der Waals surface area contributed by atoms with Crippen molar-refractivity contribution in [1.29, 1.82) is 0 Å².